The van der Waals surface area contributed by atoms with Crippen molar-refractivity contribution in [1.29, 1.82) is 0 Å². The molecule has 10 heteroatoms. The van der Waals surface area contributed by atoms with Gasteiger partial charge in [0.1, 0.15) is 22.8 Å². The van der Waals surface area contributed by atoms with Crippen LogP contribution in [-0.4, -0.2) is 33.2 Å². The molecule has 154 valence electrons. The van der Waals surface area contributed by atoms with Gasteiger partial charge in [-0.25, -0.2) is 0 Å². The molecule has 30 heavy (non-hydrogen) atoms. The number of thiocarbonyl (C=S) groups is 1. The molecule has 2 aliphatic rings. The number of fused-ring (bicyclic) bond motifs is 3. The highest BCUT2D eigenvalue weighted by Gasteiger charge is 2.49. The maximum atomic E-state index is 12.6. The smallest absolute Gasteiger partial charge is 0.319 e. The van der Waals surface area contributed by atoms with E-state index in [1.807, 2.05) is 6.07 Å². The van der Waals surface area contributed by atoms with Crippen molar-refractivity contribution in [2.75, 3.05) is 0 Å². The van der Waals surface area contributed by atoms with Gasteiger partial charge in [-0.1, -0.05) is 42.5 Å². The predicted molar refractivity (Wildman–Crippen MR) is 106 cm³/mol. The Balaban J connectivity index is 1.52. The van der Waals surface area contributed by atoms with E-state index in [2.05, 4.69) is 5.32 Å². The van der Waals surface area contributed by atoms with E-state index < -0.39 is 41.0 Å². The minimum atomic E-state index is -1.39. The third-order valence-electron chi connectivity index (χ3n) is 5.14. The molecule has 0 aromatic heterocycles. The number of esters is 1. The summed E-state index contributed by atoms with van der Waals surface area (Å²) in [5, 5.41) is 23.9. The molecule has 1 fully saturated rings. The second-order valence-electron chi connectivity index (χ2n) is 6.98. The Hall–Kier alpha value is -3.37. The highest BCUT2D eigenvalue weighted by Crippen LogP contribution is 2.47. The van der Waals surface area contributed by atoms with Gasteiger partial charge in [0.15, 0.2) is 0 Å². The monoisotopic (exact) mass is 428 g/mol. The van der Waals surface area contributed by atoms with Crippen LogP contribution < -0.4 is 10.1 Å². The number of aliphatic hydroxyl groups is 1. The molecule has 0 saturated carbocycles. The van der Waals surface area contributed by atoms with E-state index in [1.54, 1.807) is 24.3 Å². The number of hydrogen-bond acceptors (Lipinski definition) is 8. The van der Waals surface area contributed by atoms with Gasteiger partial charge in [-0.3, -0.25) is 19.7 Å². The molecule has 4 unspecified atom stereocenters. The van der Waals surface area contributed by atoms with Gasteiger partial charge in [0.2, 0.25) is 12.2 Å². The Morgan fingerprint density at radius 2 is 1.93 bits per heavy atom. The molecule has 1 saturated heterocycles. The molecular formula is C20H16N2O7S. The van der Waals surface area contributed by atoms with Gasteiger partial charge < -0.3 is 19.9 Å². The number of non-ortho nitro benzene ring substituents is 1. The van der Waals surface area contributed by atoms with Gasteiger partial charge in [-0.15, -0.1) is 0 Å². The average molecular weight is 428 g/mol. The number of carbonyl (C=O) groups excluding carboxylic acids is 2. The number of rotatable bonds is 3. The number of hydrogen-bond donors (Lipinski definition) is 2. The van der Waals surface area contributed by atoms with Crippen molar-refractivity contribution in [3.8, 4) is 5.75 Å². The lowest BCUT2D eigenvalue weighted by molar-refractivity contribution is -0.385. The van der Waals surface area contributed by atoms with Crippen LogP contribution in [0.25, 0.3) is 0 Å². The molecule has 4 rings (SSSR count). The van der Waals surface area contributed by atoms with E-state index in [9.17, 15) is 24.8 Å². The van der Waals surface area contributed by atoms with Crippen molar-refractivity contribution >= 4 is 34.8 Å². The van der Waals surface area contributed by atoms with E-state index in [4.69, 9.17) is 21.7 Å². The Morgan fingerprint density at radius 3 is 2.63 bits per heavy atom. The van der Waals surface area contributed by atoms with E-state index in [0.29, 0.717) is 11.1 Å². The minimum absolute atomic E-state index is 0.0235. The second-order valence-corrected chi connectivity index (χ2v) is 7.39. The summed E-state index contributed by atoms with van der Waals surface area (Å²) in [7, 11) is 0. The molecule has 0 aliphatic carbocycles. The van der Waals surface area contributed by atoms with Crippen LogP contribution in [0.2, 0.25) is 0 Å². The van der Waals surface area contributed by atoms with Crippen LogP contribution in [0, 0.1) is 22.0 Å². The first-order valence-corrected chi connectivity index (χ1v) is 9.50. The lowest BCUT2D eigenvalue weighted by atomic mass is 9.81. The molecular weight excluding hydrogens is 412 g/mol. The highest BCUT2D eigenvalue weighted by molar-refractivity contribution is 7.80. The van der Waals surface area contributed by atoms with E-state index in [-0.39, 0.29) is 22.8 Å². The number of carbonyl (C=O) groups is 2. The number of nitro benzene ring substituents is 1. The standard InChI is InChI=1S/C20H16N2O7S/c23-17(21-18(30)10-4-2-1-3-5-10)14-9-13-16(29-20(14)25)12-7-6-11(22(26)27)8-15(12)28-19(13)24/h1-8,13-14,16,19,24H,9H2,(H,21,23,30). The third-order valence-corrected chi connectivity index (χ3v) is 5.48. The molecule has 2 N–H and O–H groups in total. The topological polar surface area (TPSA) is 128 Å². The molecule has 9 nitrogen and oxygen atoms in total. The molecule has 1 amide bonds. The Morgan fingerprint density at radius 1 is 1.20 bits per heavy atom. The molecule has 4 atom stereocenters. The van der Waals surface area contributed by atoms with Crippen LogP contribution in [0.1, 0.15) is 23.7 Å². The zero-order valence-electron chi connectivity index (χ0n) is 15.4. The van der Waals surface area contributed by atoms with Gasteiger partial charge >= 0.3 is 5.97 Å². The Labute approximate surface area is 175 Å². The number of nitrogens with zero attached hydrogens (tertiary/aromatic N) is 1. The normalized spacial score (nSPS) is 24.5. The van der Waals surface area contributed by atoms with E-state index in [0.717, 1.165) is 0 Å². The summed E-state index contributed by atoms with van der Waals surface area (Å²) in [6.45, 7) is 0. The number of benzene rings is 2. The van der Waals surface area contributed by atoms with Gasteiger partial charge in [0.25, 0.3) is 5.69 Å². The number of amides is 1. The Bertz CT molecular complexity index is 1040. The molecule has 0 bridgehead atoms. The molecule has 0 spiro atoms. The summed E-state index contributed by atoms with van der Waals surface area (Å²) in [5.74, 6) is -3.21. The fraction of sp³-hybridized carbons (Fsp3) is 0.250. The van der Waals surface area contributed by atoms with Crippen molar-refractivity contribution in [3.05, 3.63) is 69.8 Å². The maximum Gasteiger partial charge on any atom is 0.319 e. The zero-order valence-corrected chi connectivity index (χ0v) is 16.2. The summed E-state index contributed by atoms with van der Waals surface area (Å²) in [5.41, 5.74) is 0.815. The number of nitrogens with one attached hydrogen (secondary N) is 1. The van der Waals surface area contributed by atoms with Crippen LogP contribution in [0.4, 0.5) is 5.69 Å². The first kappa shape index (κ1) is 19.9. The molecule has 2 aliphatic heterocycles. The first-order valence-electron chi connectivity index (χ1n) is 9.09. The summed E-state index contributed by atoms with van der Waals surface area (Å²) < 4.78 is 10.9. The van der Waals surface area contributed by atoms with Crippen LogP contribution in [0.5, 0.6) is 5.75 Å². The van der Waals surface area contributed by atoms with Gasteiger partial charge in [-0.2, -0.15) is 0 Å². The second kappa shape index (κ2) is 7.81. The largest absolute Gasteiger partial charge is 0.464 e. The van der Waals surface area contributed by atoms with Crippen molar-refractivity contribution in [3.63, 3.8) is 0 Å². The number of aliphatic hydroxyl groups excluding tert-OH is 1. The van der Waals surface area contributed by atoms with Gasteiger partial charge in [0, 0.05) is 17.2 Å². The van der Waals surface area contributed by atoms with Crippen LogP contribution in [0.15, 0.2) is 48.5 Å². The number of ether oxygens (including phenoxy) is 2. The molecule has 2 aromatic rings. The summed E-state index contributed by atoms with van der Waals surface area (Å²) in [6.07, 6.45) is -2.29. The fourth-order valence-corrected chi connectivity index (χ4v) is 3.85. The lowest BCUT2D eigenvalue weighted by Gasteiger charge is -2.41. The summed E-state index contributed by atoms with van der Waals surface area (Å²) in [4.78, 5) is 35.7. The minimum Gasteiger partial charge on any atom is -0.464 e. The predicted octanol–water partition coefficient (Wildman–Crippen LogP) is 2.02. The average Bonchev–Trinajstić information content (AvgIpc) is 2.73. The van der Waals surface area contributed by atoms with Gasteiger partial charge in [0.05, 0.1) is 16.9 Å². The zero-order chi connectivity index (χ0) is 21.4. The first-order chi connectivity index (χ1) is 14.3. The molecule has 2 aromatic carbocycles. The third kappa shape index (κ3) is 3.62. The lowest BCUT2D eigenvalue weighted by Crippen LogP contribution is -2.49. The van der Waals surface area contributed by atoms with Crippen LogP contribution >= 0.6 is 12.2 Å². The van der Waals surface area contributed by atoms with Crippen molar-refractivity contribution in [1.82, 2.24) is 5.32 Å². The van der Waals surface area contributed by atoms with Crippen molar-refractivity contribution in [2.24, 2.45) is 11.8 Å². The fourth-order valence-electron chi connectivity index (χ4n) is 3.61. The number of nitro groups is 1. The highest BCUT2D eigenvalue weighted by atomic mass is 32.1. The van der Waals surface area contributed by atoms with Gasteiger partial charge in [-0.05, 0) is 12.5 Å². The van der Waals surface area contributed by atoms with Crippen molar-refractivity contribution in [2.45, 2.75) is 18.8 Å². The molecule has 2 heterocycles. The quantitative estimate of drug-likeness (QED) is 0.250. The summed E-state index contributed by atoms with van der Waals surface area (Å²) in [6, 6.07) is 12.7. The van der Waals surface area contributed by atoms with Crippen molar-refractivity contribution < 1.29 is 29.1 Å². The molecule has 0 radical (unpaired) electrons. The summed E-state index contributed by atoms with van der Waals surface area (Å²) >= 11 is 5.22. The SMILES string of the molecule is O=C(NC(=S)c1ccccc1)C1CC2C(O)Oc3cc([N+](=O)[O-])ccc3C2OC1=O. The van der Waals surface area contributed by atoms with E-state index >= 15 is 0 Å². The van der Waals surface area contributed by atoms with E-state index in [1.165, 1.54) is 18.2 Å². The van der Waals surface area contributed by atoms with Crippen LogP contribution in [-0.2, 0) is 14.3 Å². The Kier molecular flexibility index (Phi) is 5.18. The maximum absolute atomic E-state index is 12.6. The van der Waals surface area contributed by atoms with Crippen LogP contribution in [0.3, 0.4) is 0 Å².